The number of hydrogen-bond donors (Lipinski definition) is 1. The predicted octanol–water partition coefficient (Wildman–Crippen LogP) is 2.15. The fourth-order valence-electron chi connectivity index (χ4n) is 1.50. The van der Waals surface area contributed by atoms with Gasteiger partial charge in [-0.25, -0.2) is 13.8 Å². The summed E-state index contributed by atoms with van der Waals surface area (Å²) >= 11 is 1.25. The molecule has 0 radical (unpaired) electrons. The van der Waals surface area contributed by atoms with E-state index in [1.807, 2.05) is 0 Å². The van der Waals surface area contributed by atoms with Crippen molar-refractivity contribution in [3.8, 4) is 0 Å². The molecule has 0 atom stereocenters. The number of nitrogens with two attached hydrogens (primary N) is 1. The maximum atomic E-state index is 13.4. The first-order valence-corrected chi connectivity index (χ1v) is 6.14. The van der Waals surface area contributed by atoms with Crippen LogP contribution in [0.3, 0.4) is 0 Å². The highest BCUT2D eigenvalue weighted by Gasteiger charge is 2.20. The molecule has 0 aliphatic heterocycles. The molecular weight excluding hydrogens is 258 g/mol. The highest BCUT2D eigenvalue weighted by Crippen LogP contribution is 2.19. The normalized spacial score (nSPS) is 10.6. The smallest absolute Gasteiger partial charge is 0.218 e. The highest BCUT2D eigenvalue weighted by molar-refractivity contribution is 7.09. The molecule has 2 rings (SSSR count). The first-order valence-electron chi connectivity index (χ1n) is 5.26. The Bertz CT molecular complexity index is 563. The second-order valence-corrected chi connectivity index (χ2v) is 4.53. The van der Waals surface area contributed by atoms with Gasteiger partial charge in [0.25, 0.3) is 0 Å². The van der Waals surface area contributed by atoms with Gasteiger partial charge in [-0.1, -0.05) is 6.07 Å². The minimum absolute atomic E-state index is 0.0486. The fraction of sp³-hybridized carbons (Fsp3) is 0.167. The van der Waals surface area contributed by atoms with Gasteiger partial charge in [-0.05, 0) is 18.7 Å². The maximum absolute atomic E-state index is 13.4. The predicted molar refractivity (Wildman–Crippen MR) is 64.7 cm³/mol. The molecule has 0 saturated carbocycles. The van der Waals surface area contributed by atoms with E-state index in [0.717, 1.165) is 12.1 Å². The minimum Gasteiger partial charge on any atom is -0.330 e. The molecule has 0 spiro atoms. The van der Waals surface area contributed by atoms with E-state index in [1.165, 1.54) is 22.8 Å². The third kappa shape index (κ3) is 2.44. The summed E-state index contributed by atoms with van der Waals surface area (Å²) in [5.41, 5.74) is 4.85. The molecule has 3 nitrogen and oxygen atoms in total. The summed E-state index contributed by atoms with van der Waals surface area (Å²) in [4.78, 5) is 16.0. The number of aromatic nitrogens is 1. The first kappa shape index (κ1) is 12.8. The van der Waals surface area contributed by atoms with Gasteiger partial charge in [0.05, 0.1) is 10.6 Å². The number of hydrogen-bond acceptors (Lipinski definition) is 4. The molecule has 0 aliphatic rings. The topological polar surface area (TPSA) is 56.0 Å². The van der Waals surface area contributed by atoms with Gasteiger partial charge in [-0.15, -0.1) is 11.3 Å². The highest BCUT2D eigenvalue weighted by atomic mass is 32.1. The third-order valence-electron chi connectivity index (χ3n) is 2.33. The van der Waals surface area contributed by atoms with Gasteiger partial charge in [-0.3, -0.25) is 4.79 Å². The van der Waals surface area contributed by atoms with E-state index < -0.39 is 23.0 Å². The summed E-state index contributed by atoms with van der Waals surface area (Å²) < 4.78 is 26.9. The average Bonchev–Trinajstić information content (AvgIpc) is 2.78. The molecule has 0 amide bonds. The summed E-state index contributed by atoms with van der Waals surface area (Å²) in [6, 6.07) is 3.30. The summed E-state index contributed by atoms with van der Waals surface area (Å²) in [6.45, 7) is 0.412. The van der Waals surface area contributed by atoms with Crippen LogP contribution in [0.5, 0.6) is 0 Å². The first-order chi connectivity index (χ1) is 8.63. The van der Waals surface area contributed by atoms with Crippen LogP contribution in [0.25, 0.3) is 0 Å². The Labute approximate surface area is 106 Å². The lowest BCUT2D eigenvalue weighted by Gasteiger charge is -2.01. The summed E-state index contributed by atoms with van der Waals surface area (Å²) in [7, 11) is 0. The summed E-state index contributed by atoms with van der Waals surface area (Å²) in [5, 5.41) is 2.16. The van der Waals surface area contributed by atoms with E-state index in [1.54, 1.807) is 0 Å². The Morgan fingerprint density at radius 1 is 1.33 bits per heavy atom. The van der Waals surface area contributed by atoms with E-state index in [0.29, 0.717) is 18.0 Å². The largest absolute Gasteiger partial charge is 0.330 e. The van der Waals surface area contributed by atoms with Gasteiger partial charge >= 0.3 is 0 Å². The van der Waals surface area contributed by atoms with Crippen molar-refractivity contribution in [2.75, 3.05) is 6.54 Å². The van der Waals surface area contributed by atoms with Crippen LogP contribution in [0.1, 0.15) is 21.1 Å². The number of benzene rings is 1. The molecule has 6 heteroatoms. The molecule has 2 N–H and O–H groups in total. The SMILES string of the molecule is NCCc1nc(C(=O)c2c(F)cccc2F)cs1. The van der Waals surface area contributed by atoms with Crippen molar-refractivity contribution >= 4 is 17.1 Å². The Kier molecular flexibility index (Phi) is 3.78. The second-order valence-electron chi connectivity index (χ2n) is 3.59. The lowest BCUT2D eigenvalue weighted by Crippen LogP contribution is -2.08. The van der Waals surface area contributed by atoms with Crippen LogP contribution in [-0.2, 0) is 6.42 Å². The molecule has 1 aromatic carbocycles. The van der Waals surface area contributed by atoms with Crippen LogP contribution in [0, 0.1) is 11.6 Å². The summed E-state index contributed by atoms with van der Waals surface area (Å²) in [5.74, 6) is -2.51. The Morgan fingerprint density at radius 2 is 2.00 bits per heavy atom. The van der Waals surface area contributed by atoms with Crippen molar-refractivity contribution < 1.29 is 13.6 Å². The number of thiazole rings is 1. The Hall–Kier alpha value is -1.66. The zero-order valence-electron chi connectivity index (χ0n) is 9.32. The van der Waals surface area contributed by atoms with Crippen molar-refractivity contribution in [2.24, 2.45) is 5.73 Å². The molecule has 0 aliphatic carbocycles. The van der Waals surface area contributed by atoms with Crippen molar-refractivity contribution in [1.29, 1.82) is 0 Å². The zero-order valence-corrected chi connectivity index (χ0v) is 10.1. The van der Waals surface area contributed by atoms with Gasteiger partial charge < -0.3 is 5.73 Å². The van der Waals surface area contributed by atoms with E-state index in [4.69, 9.17) is 5.73 Å². The van der Waals surface area contributed by atoms with E-state index >= 15 is 0 Å². The molecular formula is C12H10F2N2OS. The molecule has 94 valence electrons. The molecule has 18 heavy (non-hydrogen) atoms. The van der Waals surface area contributed by atoms with Crippen LogP contribution in [0.2, 0.25) is 0 Å². The van der Waals surface area contributed by atoms with Crippen molar-refractivity contribution in [1.82, 2.24) is 4.98 Å². The van der Waals surface area contributed by atoms with Gasteiger partial charge in [0.2, 0.25) is 5.78 Å². The minimum atomic E-state index is -0.881. The van der Waals surface area contributed by atoms with Crippen molar-refractivity contribution in [3.63, 3.8) is 0 Å². The Balaban J connectivity index is 2.35. The van der Waals surface area contributed by atoms with Gasteiger partial charge in [0.1, 0.15) is 17.3 Å². The number of ketones is 1. The van der Waals surface area contributed by atoms with E-state index in [-0.39, 0.29) is 5.69 Å². The molecule has 2 aromatic rings. The molecule has 0 fully saturated rings. The van der Waals surface area contributed by atoms with Crippen LogP contribution >= 0.6 is 11.3 Å². The number of rotatable bonds is 4. The second kappa shape index (κ2) is 5.32. The molecule has 0 unspecified atom stereocenters. The molecule has 0 saturated heterocycles. The molecule has 0 bridgehead atoms. The van der Waals surface area contributed by atoms with E-state index in [2.05, 4.69) is 4.98 Å². The van der Waals surface area contributed by atoms with Gasteiger partial charge in [-0.2, -0.15) is 0 Å². The van der Waals surface area contributed by atoms with E-state index in [9.17, 15) is 13.6 Å². The molecule has 1 heterocycles. The van der Waals surface area contributed by atoms with Crippen molar-refractivity contribution in [3.05, 3.63) is 51.5 Å². The lowest BCUT2D eigenvalue weighted by molar-refractivity contribution is 0.102. The zero-order chi connectivity index (χ0) is 13.1. The third-order valence-corrected chi connectivity index (χ3v) is 3.24. The van der Waals surface area contributed by atoms with Gasteiger partial charge in [0, 0.05) is 11.8 Å². The lowest BCUT2D eigenvalue weighted by atomic mass is 10.1. The fourth-order valence-corrected chi connectivity index (χ4v) is 2.29. The van der Waals surface area contributed by atoms with Crippen molar-refractivity contribution in [2.45, 2.75) is 6.42 Å². The molecule has 1 aromatic heterocycles. The number of carbonyl (C=O) groups is 1. The van der Waals surface area contributed by atoms with Gasteiger partial charge in [0.15, 0.2) is 0 Å². The maximum Gasteiger partial charge on any atom is 0.218 e. The number of carbonyl (C=O) groups excluding carboxylic acids is 1. The number of nitrogens with zero attached hydrogens (tertiary/aromatic N) is 1. The van der Waals surface area contributed by atoms with Crippen LogP contribution in [-0.4, -0.2) is 17.3 Å². The monoisotopic (exact) mass is 268 g/mol. The average molecular weight is 268 g/mol. The standard InChI is InChI=1S/C12H10F2N2OS/c13-7-2-1-3-8(14)11(7)12(17)9-6-18-10(16-9)4-5-15/h1-3,6H,4-5,15H2. The van der Waals surface area contributed by atoms with Crippen LogP contribution in [0.15, 0.2) is 23.6 Å². The Morgan fingerprint density at radius 3 is 2.61 bits per heavy atom. The summed E-state index contributed by atoms with van der Waals surface area (Å²) in [6.07, 6.45) is 0.539. The quantitative estimate of drug-likeness (QED) is 0.864. The van der Waals surface area contributed by atoms with Crippen LogP contribution in [0.4, 0.5) is 8.78 Å². The number of halogens is 2. The van der Waals surface area contributed by atoms with Crippen LogP contribution < -0.4 is 5.73 Å².